The molecule has 0 amide bonds. The summed E-state index contributed by atoms with van der Waals surface area (Å²) in [6, 6.07) is 9.63. The van der Waals surface area contributed by atoms with E-state index in [4.69, 9.17) is 5.73 Å². The van der Waals surface area contributed by atoms with Crippen LogP contribution in [0.15, 0.2) is 58.5 Å². The molecule has 1 atom stereocenters. The summed E-state index contributed by atoms with van der Waals surface area (Å²) in [5, 5.41) is 7.23. The molecule has 0 aliphatic rings. The highest BCUT2D eigenvalue weighted by atomic mass is 79.9. The average molecular weight is 349 g/mol. The number of nitrogens with two attached hydrogens (primary N) is 1. The van der Waals surface area contributed by atoms with E-state index in [1.54, 1.807) is 12.3 Å². The largest absolute Gasteiger partial charge is 0.381 e. The molecule has 6 heteroatoms. The first-order valence-corrected chi connectivity index (χ1v) is 7.33. The van der Waals surface area contributed by atoms with E-state index in [1.807, 2.05) is 30.3 Å². The number of aromatic nitrogens is 2. The smallest absolute Gasteiger partial charge is 0.283 e. The van der Waals surface area contributed by atoms with Gasteiger partial charge in [-0.1, -0.05) is 36.4 Å². The summed E-state index contributed by atoms with van der Waals surface area (Å²) >= 11 is 3.30. The number of nitrogens with one attached hydrogen (secondary N) is 1. The van der Waals surface area contributed by atoms with Crippen LogP contribution >= 0.6 is 15.9 Å². The molecule has 2 aromatic rings. The van der Waals surface area contributed by atoms with E-state index >= 15 is 0 Å². The van der Waals surface area contributed by atoms with E-state index in [0.29, 0.717) is 23.2 Å². The highest BCUT2D eigenvalue weighted by molar-refractivity contribution is 9.10. The molecule has 1 heterocycles. The second-order valence-electron chi connectivity index (χ2n) is 4.55. The van der Waals surface area contributed by atoms with Gasteiger partial charge in [0.2, 0.25) is 0 Å². The Morgan fingerprint density at radius 2 is 2.14 bits per heavy atom. The van der Waals surface area contributed by atoms with Gasteiger partial charge in [-0.2, -0.15) is 5.10 Å². The summed E-state index contributed by atoms with van der Waals surface area (Å²) in [7, 11) is 0. The van der Waals surface area contributed by atoms with Gasteiger partial charge in [0.05, 0.1) is 18.4 Å². The molecule has 1 aromatic heterocycles. The molecule has 0 saturated heterocycles. The Balaban J connectivity index is 2.09. The Labute approximate surface area is 131 Å². The maximum atomic E-state index is 12.0. The fraction of sp³-hybridized carbons (Fsp3) is 0.200. The maximum absolute atomic E-state index is 12.0. The minimum Gasteiger partial charge on any atom is -0.381 e. The molecule has 21 heavy (non-hydrogen) atoms. The van der Waals surface area contributed by atoms with Crippen LogP contribution in [-0.4, -0.2) is 16.3 Å². The van der Waals surface area contributed by atoms with Crippen LogP contribution in [0.1, 0.15) is 11.6 Å². The predicted octanol–water partition coefficient (Wildman–Crippen LogP) is 2.30. The molecule has 0 saturated carbocycles. The van der Waals surface area contributed by atoms with Crippen LogP contribution < -0.4 is 16.6 Å². The summed E-state index contributed by atoms with van der Waals surface area (Å²) in [6.45, 7) is 4.48. The summed E-state index contributed by atoms with van der Waals surface area (Å²) in [6.07, 6.45) is 3.23. The first-order chi connectivity index (χ1) is 10.1. The van der Waals surface area contributed by atoms with E-state index in [1.165, 1.54) is 4.68 Å². The van der Waals surface area contributed by atoms with Crippen molar-refractivity contribution in [1.29, 1.82) is 0 Å². The molecule has 0 aliphatic carbocycles. The van der Waals surface area contributed by atoms with Gasteiger partial charge in [-0.3, -0.25) is 4.79 Å². The molecular weight excluding hydrogens is 332 g/mol. The minimum atomic E-state index is -0.201. The zero-order chi connectivity index (χ0) is 15.2. The maximum Gasteiger partial charge on any atom is 0.283 e. The molecule has 0 spiro atoms. The summed E-state index contributed by atoms with van der Waals surface area (Å²) in [5.74, 6) is 0. The molecule has 1 unspecified atom stereocenters. The molecular formula is C15H17BrN4O. The van der Waals surface area contributed by atoms with Gasteiger partial charge in [0.25, 0.3) is 5.56 Å². The number of anilines is 1. The van der Waals surface area contributed by atoms with E-state index in [9.17, 15) is 4.79 Å². The molecule has 0 radical (unpaired) electrons. The zero-order valence-corrected chi connectivity index (χ0v) is 13.1. The fourth-order valence-electron chi connectivity index (χ4n) is 1.88. The molecule has 1 aromatic carbocycles. The van der Waals surface area contributed by atoms with Crippen LogP contribution in [0.4, 0.5) is 5.69 Å². The number of allylic oxidation sites excluding steroid dienone is 1. The lowest BCUT2D eigenvalue weighted by Crippen LogP contribution is -2.26. The third-order valence-corrected chi connectivity index (χ3v) is 3.79. The Kier molecular flexibility index (Phi) is 5.30. The lowest BCUT2D eigenvalue weighted by Gasteiger charge is -2.15. The van der Waals surface area contributed by atoms with Gasteiger partial charge in [0, 0.05) is 12.6 Å². The first-order valence-electron chi connectivity index (χ1n) is 6.54. The standard InChI is InChI=1S/C15H17BrN4O/c1-2-8-20-15(21)14(16)13(10-19-20)18-9-12(17)11-6-4-3-5-7-11/h2-7,10,12,18H,1,8-9,17H2. The van der Waals surface area contributed by atoms with Crippen molar-refractivity contribution in [3.05, 3.63) is 69.6 Å². The van der Waals surface area contributed by atoms with Crippen LogP contribution in [0.25, 0.3) is 0 Å². The zero-order valence-electron chi connectivity index (χ0n) is 11.5. The lowest BCUT2D eigenvalue weighted by molar-refractivity contribution is 0.648. The normalized spacial score (nSPS) is 11.9. The van der Waals surface area contributed by atoms with E-state index < -0.39 is 0 Å². The van der Waals surface area contributed by atoms with Crippen LogP contribution in [0.3, 0.4) is 0 Å². The van der Waals surface area contributed by atoms with Crippen LogP contribution in [0.5, 0.6) is 0 Å². The summed E-state index contributed by atoms with van der Waals surface area (Å²) < 4.78 is 1.78. The van der Waals surface area contributed by atoms with Crippen molar-refractivity contribution in [3.63, 3.8) is 0 Å². The van der Waals surface area contributed by atoms with Crippen molar-refractivity contribution in [2.24, 2.45) is 5.73 Å². The van der Waals surface area contributed by atoms with Crippen molar-refractivity contribution < 1.29 is 0 Å². The molecule has 0 fully saturated rings. The van der Waals surface area contributed by atoms with Crippen LogP contribution in [-0.2, 0) is 6.54 Å². The monoisotopic (exact) mass is 348 g/mol. The van der Waals surface area contributed by atoms with Gasteiger partial charge in [0.1, 0.15) is 4.47 Å². The Hall–Kier alpha value is -1.92. The number of nitrogens with zero attached hydrogens (tertiary/aromatic N) is 2. The Bertz CT molecular complexity index is 669. The lowest BCUT2D eigenvalue weighted by atomic mass is 10.1. The van der Waals surface area contributed by atoms with Crippen molar-refractivity contribution >= 4 is 21.6 Å². The molecule has 3 N–H and O–H groups in total. The number of rotatable bonds is 6. The Morgan fingerprint density at radius 1 is 1.43 bits per heavy atom. The fourth-order valence-corrected chi connectivity index (χ4v) is 2.33. The van der Waals surface area contributed by atoms with Gasteiger partial charge < -0.3 is 11.1 Å². The first kappa shape index (κ1) is 15.5. The van der Waals surface area contributed by atoms with Crippen molar-refractivity contribution in [2.75, 3.05) is 11.9 Å². The molecule has 5 nitrogen and oxygen atoms in total. The highest BCUT2D eigenvalue weighted by Crippen LogP contribution is 2.18. The number of hydrogen-bond donors (Lipinski definition) is 2. The van der Waals surface area contributed by atoms with Gasteiger partial charge in [-0.15, -0.1) is 6.58 Å². The quantitative estimate of drug-likeness (QED) is 0.785. The van der Waals surface area contributed by atoms with Crippen molar-refractivity contribution in [2.45, 2.75) is 12.6 Å². The van der Waals surface area contributed by atoms with Crippen LogP contribution in [0, 0.1) is 0 Å². The molecule has 0 aliphatic heterocycles. The molecule has 0 bridgehead atoms. The average Bonchev–Trinajstić information content (AvgIpc) is 2.52. The topological polar surface area (TPSA) is 72.9 Å². The number of halogens is 1. The third kappa shape index (κ3) is 3.80. The van der Waals surface area contributed by atoms with Crippen molar-refractivity contribution in [3.8, 4) is 0 Å². The molecule has 110 valence electrons. The van der Waals surface area contributed by atoms with Gasteiger partial charge in [0.15, 0.2) is 0 Å². The highest BCUT2D eigenvalue weighted by Gasteiger charge is 2.10. The Morgan fingerprint density at radius 3 is 2.81 bits per heavy atom. The van der Waals surface area contributed by atoms with E-state index in [0.717, 1.165) is 5.56 Å². The number of benzene rings is 1. The number of hydrogen-bond acceptors (Lipinski definition) is 4. The van der Waals surface area contributed by atoms with Gasteiger partial charge in [-0.25, -0.2) is 4.68 Å². The van der Waals surface area contributed by atoms with Gasteiger partial charge in [-0.05, 0) is 21.5 Å². The predicted molar refractivity (Wildman–Crippen MR) is 88.3 cm³/mol. The summed E-state index contributed by atoms with van der Waals surface area (Å²) in [4.78, 5) is 12.0. The van der Waals surface area contributed by atoms with E-state index in [-0.39, 0.29) is 11.6 Å². The van der Waals surface area contributed by atoms with Crippen LogP contribution in [0.2, 0.25) is 0 Å². The van der Waals surface area contributed by atoms with Crippen molar-refractivity contribution in [1.82, 2.24) is 9.78 Å². The SMILES string of the molecule is C=CCn1ncc(NCC(N)c2ccccc2)c(Br)c1=O. The van der Waals surface area contributed by atoms with E-state index in [2.05, 4.69) is 32.9 Å². The second kappa shape index (κ2) is 7.19. The summed E-state index contributed by atoms with van der Waals surface area (Å²) in [5.41, 5.74) is 7.58. The second-order valence-corrected chi connectivity index (χ2v) is 5.34. The minimum absolute atomic E-state index is 0.159. The molecule has 2 rings (SSSR count). The third-order valence-electron chi connectivity index (χ3n) is 3.03. The van der Waals surface area contributed by atoms with Gasteiger partial charge >= 0.3 is 0 Å².